The molecule has 1 heterocycles. The summed E-state index contributed by atoms with van der Waals surface area (Å²) in [5, 5.41) is 17.9. The molecule has 1 amide bonds. The Labute approximate surface area is 199 Å². The van der Waals surface area contributed by atoms with Crippen molar-refractivity contribution in [2.45, 2.75) is 16.5 Å². The number of H-pyrrole nitrogens is 1. The van der Waals surface area contributed by atoms with Crippen LogP contribution >= 0.6 is 23.4 Å². The van der Waals surface area contributed by atoms with Gasteiger partial charge in [0.2, 0.25) is 15.9 Å². The summed E-state index contributed by atoms with van der Waals surface area (Å²) in [6, 6.07) is 14.5. The van der Waals surface area contributed by atoms with Crippen LogP contribution in [0.3, 0.4) is 0 Å². The Hall–Kier alpha value is -3.17. The van der Waals surface area contributed by atoms with Gasteiger partial charge in [0.25, 0.3) is 5.56 Å². The van der Waals surface area contributed by atoms with Crippen molar-refractivity contribution in [2.75, 3.05) is 12.3 Å². The molecule has 1 aromatic heterocycles. The lowest BCUT2D eigenvalue weighted by Crippen LogP contribution is -2.27. The summed E-state index contributed by atoms with van der Waals surface area (Å²) < 4.78 is 22.6. The highest BCUT2D eigenvalue weighted by Crippen LogP contribution is 2.23. The monoisotopic (exact) mass is 503 g/mol. The van der Waals surface area contributed by atoms with Crippen molar-refractivity contribution in [3.05, 3.63) is 75.0 Å². The lowest BCUT2D eigenvalue weighted by atomic mass is 10.1. The Morgan fingerprint density at radius 2 is 1.85 bits per heavy atom. The topological polar surface area (TPSA) is 159 Å². The Balaban J connectivity index is 1.59. The van der Waals surface area contributed by atoms with Gasteiger partial charge in [-0.2, -0.15) is 5.26 Å². The second-order valence-corrected chi connectivity index (χ2v) is 9.75. The number of aromatic nitrogens is 2. The van der Waals surface area contributed by atoms with Gasteiger partial charge in [0.15, 0.2) is 5.16 Å². The van der Waals surface area contributed by atoms with Crippen molar-refractivity contribution >= 4 is 39.3 Å². The van der Waals surface area contributed by atoms with E-state index in [-0.39, 0.29) is 33.0 Å². The van der Waals surface area contributed by atoms with Gasteiger partial charge in [-0.25, -0.2) is 18.5 Å². The fourth-order valence-electron chi connectivity index (χ4n) is 2.82. The van der Waals surface area contributed by atoms with Crippen molar-refractivity contribution in [3.8, 4) is 17.3 Å². The zero-order chi connectivity index (χ0) is 24.0. The minimum Gasteiger partial charge on any atom is -0.355 e. The van der Waals surface area contributed by atoms with Crippen molar-refractivity contribution in [2.24, 2.45) is 5.14 Å². The zero-order valence-electron chi connectivity index (χ0n) is 17.0. The van der Waals surface area contributed by atoms with Gasteiger partial charge in [0.1, 0.15) is 11.6 Å². The summed E-state index contributed by atoms with van der Waals surface area (Å²) in [5.74, 6) is -0.277. The Morgan fingerprint density at radius 3 is 2.45 bits per heavy atom. The van der Waals surface area contributed by atoms with Crippen LogP contribution in [-0.4, -0.2) is 36.6 Å². The summed E-state index contributed by atoms with van der Waals surface area (Å²) in [7, 11) is -3.75. The maximum Gasteiger partial charge on any atom is 0.270 e. The van der Waals surface area contributed by atoms with E-state index in [0.29, 0.717) is 23.6 Å². The minimum atomic E-state index is -3.75. The number of benzene rings is 2. The van der Waals surface area contributed by atoms with Crippen molar-refractivity contribution in [1.82, 2.24) is 15.3 Å². The first-order valence-electron chi connectivity index (χ1n) is 9.49. The fourth-order valence-corrected chi connectivity index (χ4v) is 4.15. The number of thioether (sulfide) groups is 1. The molecule has 0 saturated carbocycles. The largest absolute Gasteiger partial charge is 0.355 e. The number of primary sulfonamides is 1. The predicted octanol–water partition coefficient (Wildman–Crippen LogP) is 2.06. The Kier molecular flexibility index (Phi) is 7.88. The van der Waals surface area contributed by atoms with E-state index >= 15 is 0 Å². The number of nitrogens with one attached hydrogen (secondary N) is 2. The molecule has 9 nitrogen and oxygen atoms in total. The maximum atomic E-state index is 12.3. The molecule has 0 atom stereocenters. The van der Waals surface area contributed by atoms with E-state index in [9.17, 15) is 23.3 Å². The fraction of sp³-hybridized carbons (Fsp3) is 0.143. The number of nitrogens with zero attached hydrogens (tertiary/aromatic N) is 2. The highest BCUT2D eigenvalue weighted by molar-refractivity contribution is 7.99. The van der Waals surface area contributed by atoms with Crippen LogP contribution in [0.15, 0.2) is 63.4 Å². The van der Waals surface area contributed by atoms with E-state index in [0.717, 1.165) is 17.3 Å². The Bertz CT molecular complexity index is 1370. The second kappa shape index (κ2) is 10.6. The number of nitriles is 1. The van der Waals surface area contributed by atoms with Crippen LogP contribution in [0.4, 0.5) is 0 Å². The molecule has 0 aliphatic heterocycles. The van der Waals surface area contributed by atoms with E-state index < -0.39 is 15.6 Å². The number of carbonyl (C=O) groups excluding carboxylic acids is 1. The highest BCUT2D eigenvalue weighted by atomic mass is 35.5. The first kappa shape index (κ1) is 24.5. The van der Waals surface area contributed by atoms with Crippen LogP contribution < -0.4 is 16.0 Å². The lowest BCUT2D eigenvalue weighted by Gasteiger charge is -2.08. The SMILES string of the molecule is N#Cc1c(-c2ccc(Cl)cc2)nc(SCC(=O)NCCc2ccc(S(N)(=O)=O)cc2)[nH]c1=O. The quantitative estimate of drug-likeness (QED) is 0.313. The standard InChI is InChI=1S/C21H18ClN5O4S2/c22-15-5-3-14(4-6-15)19-17(11-23)20(29)27-21(26-19)32-12-18(28)25-10-9-13-1-7-16(8-2-13)33(24,30)31/h1-8H,9-10,12H2,(H,25,28)(H2,24,30,31)(H,26,27,29). The van der Waals surface area contributed by atoms with E-state index in [4.69, 9.17) is 16.7 Å². The van der Waals surface area contributed by atoms with E-state index in [1.807, 2.05) is 6.07 Å². The van der Waals surface area contributed by atoms with Gasteiger partial charge in [-0.15, -0.1) is 0 Å². The third kappa shape index (κ3) is 6.66. The van der Waals surface area contributed by atoms with Crippen LogP contribution in [0.25, 0.3) is 11.3 Å². The summed E-state index contributed by atoms with van der Waals surface area (Å²) in [5.41, 5.74) is 0.884. The average Bonchev–Trinajstić information content (AvgIpc) is 2.77. The number of sulfonamides is 1. The molecule has 3 rings (SSSR count). The van der Waals surface area contributed by atoms with Crippen LogP contribution in [0, 0.1) is 11.3 Å². The molecule has 0 aliphatic rings. The van der Waals surface area contributed by atoms with Gasteiger partial charge >= 0.3 is 0 Å². The highest BCUT2D eigenvalue weighted by Gasteiger charge is 2.14. The smallest absolute Gasteiger partial charge is 0.270 e. The summed E-state index contributed by atoms with van der Waals surface area (Å²) in [6.45, 7) is 0.335. The van der Waals surface area contributed by atoms with Crippen LogP contribution in [0.1, 0.15) is 11.1 Å². The summed E-state index contributed by atoms with van der Waals surface area (Å²) >= 11 is 6.92. The van der Waals surface area contributed by atoms with Crippen LogP contribution in [0.2, 0.25) is 5.02 Å². The molecule has 0 radical (unpaired) electrons. The molecule has 4 N–H and O–H groups in total. The van der Waals surface area contributed by atoms with Gasteiger partial charge in [-0.1, -0.05) is 47.6 Å². The molecule has 0 unspecified atom stereocenters. The molecule has 3 aromatic rings. The lowest BCUT2D eigenvalue weighted by molar-refractivity contribution is -0.118. The molecular formula is C21H18ClN5O4S2. The molecule has 0 saturated heterocycles. The molecule has 0 spiro atoms. The normalized spacial score (nSPS) is 11.1. The molecule has 0 bridgehead atoms. The number of halogens is 1. The van der Waals surface area contributed by atoms with Gasteiger partial charge in [-0.05, 0) is 36.2 Å². The van der Waals surface area contributed by atoms with Gasteiger partial charge in [-0.3, -0.25) is 9.59 Å². The molecule has 33 heavy (non-hydrogen) atoms. The van der Waals surface area contributed by atoms with Gasteiger partial charge in [0, 0.05) is 17.1 Å². The number of aromatic amines is 1. The Morgan fingerprint density at radius 1 is 1.18 bits per heavy atom. The second-order valence-electron chi connectivity index (χ2n) is 6.79. The first-order chi connectivity index (χ1) is 15.7. The van der Waals surface area contributed by atoms with Crippen LogP contribution in [-0.2, 0) is 21.2 Å². The summed E-state index contributed by atoms with van der Waals surface area (Å²) in [4.78, 5) is 31.3. The summed E-state index contributed by atoms with van der Waals surface area (Å²) in [6.07, 6.45) is 0.494. The predicted molar refractivity (Wildman–Crippen MR) is 125 cm³/mol. The number of rotatable bonds is 8. The van der Waals surface area contributed by atoms with E-state index in [1.165, 1.54) is 12.1 Å². The molecule has 170 valence electrons. The first-order valence-corrected chi connectivity index (χ1v) is 12.4. The molecular weight excluding hydrogens is 486 g/mol. The number of hydrogen-bond acceptors (Lipinski definition) is 7. The number of hydrogen-bond donors (Lipinski definition) is 3. The number of carbonyl (C=O) groups is 1. The molecule has 12 heteroatoms. The minimum absolute atomic E-state index is 0.000741. The third-order valence-electron chi connectivity index (χ3n) is 4.45. The van der Waals surface area contributed by atoms with Gasteiger partial charge in [0.05, 0.1) is 16.3 Å². The van der Waals surface area contributed by atoms with Crippen molar-refractivity contribution < 1.29 is 13.2 Å². The van der Waals surface area contributed by atoms with Crippen molar-refractivity contribution in [3.63, 3.8) is 0 Å². The van der Waals surface area contributed by atoms with Gasteiger partial charge < -0.3 is 10.3 Å². The zero-order valence-corrected chi connectivity index (χ0v) is 19.4. The average molecular weight is 504 g/mol. The molecule has 2 aromatic carbocycles. The number of nitrogens with two attached hydrogens (primary N) is 1. The molecule has 0 fully saturated rings. The molecule has 0 aliphatic carbocycles. The van der Waals surface area contributed by atoms with E-state index in [2.05, 4.69) is 15.3 Å². The van der Waals surface area contributed by atoms with E-state index in [1.54, 1.807) is 36.4 Å². The van der Waals surface area contributed by atoms with Crippen molar-refractivity contribution in [1.29, 1.82) is 5.26 Å². The third-order valence-corrected chi connectivity index (χ3v) is 6.51. The maximum absolute atomic E-state index is 12.3. The number of amides is 1. The van der Waals surface area contributed by atoms with Crippen LogP contribution in [0.5, 0.6) is 0 Å².